The summed E-state index contributed by atoms with van der Waals surface area (Å²) < 4.78 is 10.1. The molecule has 0 aliphatic rings. The summed E-state index contributed by atoms with van der Waals surface area (Å²) in [4.78, 5) is 10.6. The maximum atomic E-state index is 10.6. The molecule has 0 atom stereocenters. The highest BCUT2D eigenvalue weighted by Gasteiger charge is 1.96. The third-order valence-electron chi connectivity index (χ3n) is 1.30. The molecule has 0 heterocycles. The molecule has 0 bridgehead atoms. The second kappa shape index (κ2) is 7.80. The molecular formula is C10H18O3. The third-order valence-corrected chi connectivity index (χ3v) is 1.30. The third kappa shape index (κ3) is 9.08. The topological polar surface area (TPSA) is 35.5 Å². The maximum absolute atomic E-state index is 10.6. The van der Waals surface area contributed by atoms with E-state index in [1.807, 2.05) is 0 Å². The lowest BCUT2D eigenvalue weighted by Gasteiger charge is -2.06. The zero-order valence-corrected chi connectivity index (χ0v) is 8.41. The summed E-state index contributed by atoms with van der Waals surface area (Å²) in [6.45, 7) is 9.29. The first-order valence-electron chi connectivity index (χ1n) is 4.53. The molecule has 0 aromatic heterocycles. The molecule has 0 rings (SSSR count). The molecule has 0 spiro atoms. The second-order valence-corrected chi connectivity index (χ2v) is 3.19. The highest BCUT2D eigenvalue weighted by molar-refractivity contribution is 5.81. The Morgan fingerprint density at radius 2 is 2.15 bits per heavy atom. The summed E-state index contributed by atoms with van der Waals surface area (Å²) in [5.41, 5.74) is 0. The van der Waals surface area contributed by atoms with Gasteiger partial charge in [-0.3, -0.25) is 0 Å². The number of rotatable bonds is 7. The minimum absolute atomic E-state index is 0.371. The van der Waals surface area contributed by atoms with Crippen LogP contribution in [0.4, 0.5) is 0 Å². The van der Waals surface area contributed by atoms with Gasteiger partial charge in [0.15, 0.2) is 0 Å². The van der Waals surface area contributed by atoms with Crippen LogP contribution in [0, 0.1) is 5.92 Å². The molecular weight excluding hydrogens is 168 g/mol. The number of esters is 1. The van der Waals surface area contributed by atoms with E-state index in [9.17, 15) is 4.79 Å². The highest BCUT2D eigenvalue weighted by Crippen LogP contribution is 1.93. The minimum atomic E-state index is -0.371. The maximum Gasteiger partial charge on any atom is 0.330 e. The van der Waals surface area contributed by atoms with E-state index >= 15 is 0 Å². The fraction of sp³-hybridized carbons (Fsp3) is 0.700. The zero-order chi connectivity index (χ0) is 10.1. The van der Waals surface area contributed by atoms with Crippen LogP contribution in [0.2, 0.25) is 0 Å². The van der Waals surface area contributed by atoms with Crippen molar-refractivity contribution in [1.82, 2.24) is 0 Å². The van der Waals surface area contributed by atoms with Crippen molar-refractivity contribution in [2.45, 2.75) is 20.3 Å². The molecule has 0 aromatic carbocycles. The average Bonchev–Trinajstić information content (AvgIpc) is 2.10. The lowest BCUT2D eigenvalue weighted by Crippen LogP contribution is -2.07. The number of carbonyl (C=O) groups excluding carboxylic acids is 1. The van der Waals surface area contributed by atoms with Gasteiger partial charge in [-0.1, -0.05) is 20.4 Å². The van der Waals surface area contributed by atoms with E-state index in [2.05, 4.69) is 20.4 Å². The Labute approximate surface area is 79.7 Å². The molecule has 0 saturated carbocycles. The highest BCUT2D eigenvalue weighted by atomic mass is 16.5. The normalized spacial score (nSPS) is 10.1. The summed E-state index contributed by atoms with van der Waals surface area (Å²) in [6, 6.07) is 0. The molecule has 0 amide bonds. The van der Waals surface area contributed by atoms with Gasteiger partial charge in [0.2, 0.25) is 0 Å². The van der Waals surface area contributed by atoms with Crippen LogP contribution in [-0.2, 0) is 14.3 Å². The Balaban J connectivity index is 3.08. The molecule has 0 saturated heterocycles. The molecule has 76 valence electrons. The monoisotopic (exact) mass is 186 g/mol. The van der Waals surface area contributed by atoms with Crippen molar-refractivity contribution in [2.24, 2.45) is 5.92 Å². The molecule has 0 aromatic rings. The largest absolute Gasteiger partial charge is 0.462 e. The van der Waals surface area contributed by atoms with E-state index in [1.165, 1.54) is 0 Å². The SMILES string of the molecule is C=CC(=O)OCCCOCC(C)C. The van der Waals surface area contributed by atoms with Crippen LogP contribution in [0.15, 0.2) is 12.7 Å². The van der Waals surface area contributed by atoms with Crippen LogP contribution in [0.25, 0.3) is 0 Å². The first kappa shape index (κ1) is 12.2. The average molecular weight is 186 g/mol. The zero-order valence-electron chi connectivity index (χ0n) is 8.41. The van der Waals surface area contributed by atoms with E-state index in [0.717, 1.165) is 19.1 Å². The first-order valence-corrected chi connectivity index (χ1v) is 4.53. The van der Waals surface area contributed by atoms with Crippen LogP contribution >= 0.6 is 0 Å². The van der Waals surface area contributed by atoms with Gasteiger partial charge in [-0.05, 0) is 5.92 Å². The van der Waals surface area contributed by atoms with E-state index in [1.54, 1.807) is 0 Å². The summed E-state index contributed by atoms with van der Waals surface area (Å²) in [6.07, 6.45) is 1.90. The fourth-order valence-electron chi connectivity index (χ4n) is 0.712. The van der Waals surface area contributed by atoms with Crippen molar-refractivity contribution in [1.29, 1.82) is 0 Å². The molecule has 0 unspecified atom stereocenters. The van der Waals surface area contributed by atoms with Crippen molar-refractivity contribution in [3.8, 4) is 0 Å². The predicted octanol–water partition coefficient (Wildman–Crippen LogP) is 1.78. The molecule has 3 nitrogen and oxygen atoms in total. The van der Waals surface area contributed by atoms with Gasteiger partial charge in [0.25, 0.3) is 0 Å². The molecule has 13 heavy (non-hydrogen) atoms. The van der Waals surface area contributed by atoms with Crippen molar-refractivity contribution in [3.05, 3.63) is 12.7 Å². The molecule has 0 aliphatic carbocycles. The number of ether oxygens (including phenoxy) is 2. The molecule has 0 aliphatic heterocycles. The van der Waals surface area contributed by atoms with Crippen LogP contribution < -0.4 is 0 Å². The Morgan fingerprint density at radius 3 is 2.69 bits per heavy atom. The minimum Gasteiger partial charge on any atom is -0.462 e. The standard InChI is InChI=1S/C10H18O3/c1-4-10(11)13-7-5-6-12-8-9(2)3/h4,9H,1,5-8H2,2-3H3. The smallest absolute Gasteiger partial charge is 0.330 e. The summed E-state index contributed by atoms with van der Waals surface area (Å²) in [5, 5.41) is 0. The quantitative estimate of drug-likeness (QED) is 0.345. The van der Waals surface area contributed by atoms with Gasteiger partial charge in [-0.25, -0.2) is 4.79 Å². The molecule has 3 heteroatoms. The van der Waals surface area contributed by atoms with E-state index in [0.29, 0.717) is 19.1 Å². The summed E-state index contributed by atoms with van der Waals surface area (Å²) >= 11 is 0. The summed E-state index contributed by atoms with van der Waals surface area (Å²) in [5.74, 6) is 0.180. The van der Waals surface area contributed by atoms with Crippen molar-refractivity contribution in [3.63, 3.8) is 0 Å². The first-order chi connectivity index (χ1) is 6.16. The van der Waals surface area contributed by atoms with Gasteiger partial charge >= 0.3 is 5.97 Å². The van der Waals surface area contributed by atoms with E-state index in [-0.39, 0.29) is 5.97 Å². The van der Waals surface area contributed by atoms with Crippen LogP contribution in [-0.4, -0.2) is 25.8 Å². The Bertz CT molecular complexity index is 152. The van der Waals surface area contributed by atoms with Crippen LogP contribution in [0.5, 0.6) is 0 Å². The van der Waals surface area contributed by atoms with Gasteiger partial charge in [-0.15, -0.1) is 0 Å². The van der Waals surface area contributed by atoms with Crippen LogP contribution in [0.3, 0.4) is 0 Å². The molecule has 0 fully saturated rings. The number of carbonyl (C=O) groups is 1. The van der Waals surface area contributed by atoms with Crippen LogP contribution in [0.1, 0.15) is 20.3 Å². The number of hydrogen-bond donors (Lipinski definition) is 0. The Kier molecular flexibility index (Phi) is 7.30. The second-order valence-electron chi connectivity index (χ2n) is 3.19. The Morgan fingerprint density at radius 1 is 1.46 bits per heavy atom. The molecule has 0 N–H and O–H groups in total. The van der Waals surface area contributed by atoms with Gasteiger partial charge in [0.1, 0.15) is 0 Å². The molecule has 0 radical (unpaired) electrons. The van der Waals surface area contributed by atoms with Crippen molar-refractivity contribution in [2.75, 3.05) is 19.8 Å². The lowest BCUT2D eigenvalue weighted by molar-refractivity contribution is -0.138. The van der Waals surface area contributed by atoms with E-state index in [4.69, 9.17) is 9.47 Å². The van der Waals surface area contributed by atoms with Crippen molar-refractivity contribution >= 4 is 5.97 Å². The number of hydrogen-bond acceptors (Lipinski definition) is 3. The van der Waals surface area contributed by atoms with Gasteiger partial charge in [0, 0.05) is 25.7 Å². The lowest BCUT2D eigenvalue weighted by atomic mass is 10.2. The van der Waals surface area contributed by atoms with E-state index < -0.39 is 0 Å². The van der Waals surface area contributed by atoms with Gasteiger partial charge in [-0.2, -0.15) is 0 Å². The predicted molar refractivity (Wildman–Crippen MR) is 51.4 cm³/mol. The van der Waals surface area contributed by atoms with Crippen molar-refractivity contribution < 1.29 is 14.3 Å². The van der Waals surface area contributed by atoms with Gasteiger partial charge < -0.3 is 9.47 Å². The fourth-order valence-corrected chi connectivity index (χ4v) is 0.712. The summed E-state index contributed by atoms with van der Waals surface area (Å²) in [7, 11) is 0. The Hall–Kier alpha value is -0.830. The van der Waals surface area contributed by atoms with Gasteiger partial charge in [0.05, 0.1) is 6.61 Å².